The van der Waals surface area contributed by atoms with E-state index in [1.807, 2.05) is 11.4 Å². The standard InChI is InChI=1S/C11H15N5OS/c1-15(5-4-9-3-2-6-18-9)10(17)7-16-8-13-11(12)14-16/h2-3,6,8H,4-5,7H2,1H3,(H2,12,14). The van der Waals surface area contributed by atoms with E-state index in [0.717, 1.165) is 6.42 Å². The van der Waals surface area contributed by atoms with E-state index in [1.54, 1.807) is 23.3 Å². The van der Waals surface area contributed by atoms with Crippen molar-refractivity contribution in [3.63, 3.8) is 0 Å². The van der Waals surface area contributed by atoms with Gasteiger partial charge in [-0.2, -0.15) is 0 Å². The molecule has 7 heteroatoms. The highest BCUT2D eigenvalue weighted by molar-refractivity contribution is 7.09. The van der Waals surface area contributed by atoms with Crippen LogP contribution in [0.2, 0.25) is 0 Å². The molecule has 0 bridgehead atoms. The topological polar surface area (TPSA) is 77.0 Å². The first-order valence-corrected chi connectivity index (χ1v) is 6.44. The number of thiophene rings is 1. The predicted molar refractivity (Wildman–Crippen MR) is 70.1 cm³/mol. The Labute approximate surface area is 109 Å². The summed E-state index contributed by atoms with van der Waals surface area (Å²) in [7, 11) is 1.79. The van der Waals surface area contributed by atoms with Crippen LogP contribution < -0.4 is 5.73 Å². The van der Waals surface area contributed by atoms with E-state index < -0.39 is 0 Å². The Kier molecular flexibility index (Phi) is 3.93. The van der Waals surface area contributed by atoms with Crippen molar-refractivity contribution in [1.82, 2.24) is 19.7 Å². The first kappa shape index (κ1) is 12.6. The third kappa shape index (κ3) is 3.30. The maximum absolute atomic E-state index is 11.9. The monoisotopic (exact) mass is 265 g/mol. The quantitative estimate of drug-likeness (QED) is 0.860. The van der Waals surface area contributed by atoms with Crippen LogP contribution in [-0.4, -0.2) is 39.2 Å². The van der Waals surface area contributed by atoms with Crippen molar-refractivity contribution in [3.05, 3.63) is 28.7 Å². The lowest BCUT2D eigenvalue weighted by Crippen LogP contribution is -2.32. The third-order valence-electron chi connectivity index (χ3n) is 2.55. The van der Waals surface area contributed by atoms with Crippen LogP contribution in [0, 0.1) is 0 Å². The van der Waals surface area contributed by atoms with Crippen LogP contribution >= 0.6 is 11.3 Å². The van der Waals surface area contributed by atoms with Crippen molar-refractivity contribution in [2.75, 3.05) is 19.3 Å². The Hall–Kier alpha value is -1.89. The lowest BCUT2D eigenvalue weighted by Gasteiger charge is -2.16. The number of nitrogens with zero attached hydrogens (tertiary/aromatic N) is 4. The van der Waals surface area contributed by atoms with E-state index in [0.29, 0.717) is 6.54 Å². The molecule has 0 aromatic carbocycles. The zero-order valence-electron chi connectivity index (χ0n) is 10.1. The number of carbonyl (C=O) groups excluding carboxylic acids is 1. The van der Waals surface area contributed by atoms with Gasteiger partial charge >= 0.3 is 0 Å². The van der Waals surface area contributed by atoms with Gasteiger partial charge < -0.3 is 10.6 Å². The lowest BCUT2D eigenvalue weighted by molar-refractivity contribution is -0.130. The predicted octanol–water partition coefficient (Wildman–Crippen LogP) is 0.623. The second-order valence-electron chi connectivity index (χ2n) is 3.95. The Morgan fingerprint density at radius 2 is 2.44 bits per heavy atom. The van der Waals surface area contributed by atoms with E-state index in [9.17, 15) is 4.79 Å². The molecule has 0 aliphatic rings. The SMILES string of the molecule is CN(CCc1cccs1)C(=O)Cn1cnc(N)n1. The number of hydrogen-bond donors (Lipinski definition) is 1. The number of nitrogens with two attached hydrogens (primary N) is 1. The van der Waals surface area contributed by atoms with Crippen LogP contribution in [0.3, 0.4) is 0 Å². The van der Waals surface area contributed by atoms with Crippen LogP contribution in [0.1, 0.15) is 4.88 Å². The third-order valence-corrected chi connectivity index (χ3v) is 3.49. The molecule has 0 aliphatic heterocycles. The molecule has 2 aromatic heterocycles. The van der Waals surface area contributed by atoms with Crippen molar-refractivity contribution >= 4 is 23.2 Å². The minimum absolute atomic E-state index is 0.00328. The van der Waals surface area contributed by atoms with Gasteiger partial charge in [-0.25, -0.2) is 9.67 Å². The Bertz CT molecular complexity index is 507. The van der Waals surface area contributed by atoms with E-state index in [4.69, 9.17) is 5.73 Å². The fraction of sp³-hybridized carbons (Fsp3) is 0.364. The summed E-state index contributed by atoms with van der Waals surface area (Å²) in [5.41, 5.74) is 5.39. The number of hydrogen-bond acceptors (Lipinski definition) is 5. The molecule has 6 nitrogen and oxygen atoms in total. The van der Waals surface area contributed by atoms with Gasteiger partial charge in [0.2, 0.25) is 11.9 Å². The molecule has 2 rings (SSSR count). The zero-order chi connectivity index (χ0) is 13.0. The van der Waals surface area contributed by atoms with Crippen LogP contribution in [-0.2, 0) is 17.8 Å². The van der Waals surface area contributed by atoms with Gasteiger partial charge in [0.25, 0.3) is 0 Å². The number of anilines is 1. The van der Waals surface area contributed by atoms with Gasteiger partial charge in [-0.3, -0.25) is 4.79 Å². The largest absolute Gasteiger partial charge is 0.367 e. The Morgan fingerprint density at radius 3 is 3.06 bits per heavy atom. The van der Waals surface area contributed by atoms with Gasteiger partial charge in [-0.1, -0.05) is 6.07 Å². The van der Waals surface area contributed by atoms with E-state index in [-0.39, 0.29) is 18.4 Å². The second-order valence-corrected chi connectivity index (χ2v) is 4.98. The summed E-state index contributed by atoms with van der Waals surface area (Å²) in [6, 6.07) is 4.08. The maximum atomic E-state index is 11.9. The molecule has 0 spiro atoms. The maximum Gasteiger partial charge on any atom is 0.244 e. The molecular formula is C11H15N5OS. The van der Waals surface area contributed by atoms with Crippen LogP contribution in [0.25, 0.3) is 0 Å². The molecule has 0 atom stereocenters. The van der Waals surface area contributed by atoms with Crippen molar-refractivity contribution in [3.8, 4) is 0 Å². The lowest BCUT2D eigenvalue weighted by atomic mass is 10.3. The average molecular weight is 265 g/mol. The van der Waals surface area contributed by atoms with Crippen molar-refractivity contribution in [2.45, 2.75) is 13.0 Å². The molecule has 2 N–H and O–H groups in total. The first-order valence-electron chi connectivity index (χ1n) is 5.56. The summed E-state index contributed by atoms with van der Waals surface area (Å²) in [6.07, 6.45) is 2.33. The van der Waals surface area contributed by atoms with E-state index in [1.165, 1.54) is 15.9 Å². The average Bonchev–Trinajstić information content (AvgIpc) is 2.97. The summed E-state index contributed by atoms with van der Waals surface area (Å²) in [6.45, 7) is 0.870. The summed E-state index contributed by atoms with van der Waals surface area (Å²) in [5.74, 6) is 0.181. The van der Waals surface area contributed by atoms with Gasteiger partial charge in [0.1, 0.15) is 12.9 Å². The first-order chi connectivity index (χ1) is 8.65. The number of likely N-dealkylation sites (N-methyl/N-ethyl adjacent to an activating group) is 1. The molecule has 2 aromatic rings. The van der Waals surface area contributed by atoms with Crippen molar-refractivity contribution < 1.29 is 4.79 Å². The molecule has 0 unspecified atom stereocenters. The minimum atomic E-state index is -0.00328. The fourth-order valence-electron chi connectivity index (χ4n) is 1.50. The molecule has 0 aliphatic carbocycles. The molecule has 2 heterocycles. The summed E-state index contributed by atoms with van der Waals surface area (Å²) >= 11 is 1.70. The molecule has 0 fully saturated rings. The number of carbonyl (C=O) groups is 1. The number of nitrogen functional groups attached to an aromatic ring is 1. The van der Waals surface area contributed by atoms with E-state index in [2.05, 4.69) is 16.1 Å². The highest BCUT2D eigenvalue weighted by atomic mass is 32.1. The molecular weight excluding hydrogens is 250 g/mol. The molecule has 96 valence electrons. The van der Waals surface area contributed by atoms with Crippen LogP contribution in [0.5, 0.6) is 0 Å². The number of rotatable bonds is 5. The Morgan fingerprint density at radius 1 is 1.61 bits per heavy atom. The fourth-order valence-corrected chi connectivity index (χ4v) is 2.20. The molecule has 18 heavy (non-hydrogen) atoms. The van der Waals surface area contributed by atoms with Crippen LogP contribution in [0.4, 0.5) is 5.95 Å². The van der Waals surface area contributed by atoms with E-state index >= 15 is 0 Å². The van der Waals surface area contributed by atoms with Gasteiger partial charge in [0.05, 0.1) is 0 Å². The summed E-state index contributed by atoms with van der Waals surface area (Å²) in [4.78, 5) is 18.6. The van der Waals surface area contributed by atoms with Crippen molar-refractivity contribution in [2.24, 2.45) is 0 Å². The van der Waals surface area contributed by atoms with Crippen LogP contribution in [0.15, 0.2) is 23.8 Å². The number of aromatic nitrogens is 3. The molecule has 0 saturated heterocycles. The normalized spacial score (nSPS) is 10.5. The van der Waals surface area contributed by atoms with Gasteiger partial charge in [0, 0.05) is 18.5 Å². The van der Waals surface area contributed by atoms with Gasteiger partial charge in [0.15, 0.2) is 0 Å². The minimum Gasteiger partial charge on any atom is -0.367 e. The smallest absolute Gasteiger partial charge is 0.244 e. The van der Waals surface area contributed by atoms with Crippen molar-refractivity contribution in [1.29, 1.82) is 0 Å². The Balaban J connectivity index is 1.81. The highest BCUT2D eigenvalue weighted by Crippen LogP contribution is 2.09. The molecule has 1 amide bonds. The molecule has 0 saturated carbocycles. The summed E-state index contributed by atoms with van der Waals surface area (Å²) in [5, 5.41) is 5.92. The second kappa shape index (κ2) is 5.63. The molecule has 0 radical (unpaired) electrons. The van der Waals surface area contributed by atoms with Gasteiger partial charge in [-0.05, 0) is 17.9 Å². The highest BCUT2D eigenvalue weighted by Gasteiger charge is 2.10. The van der Waals surface area contributed by atoms with Gasteiger partial charge in [-0.15, -0.1) is 16.4 Å². The summed E-state index contributed by atoms with van der Waals surface area (Å²) < 4.78 is 1.44. The number of amides is 1. The zero-order valence-corrected chi connectivity index (χ0v) is 10.9.